The molecule has 0 radical (unpaired) electrons. The van der Waals surface area contributed by atoms with Gasteiger partial charge in [-0.2, -0.15) is 0 Å². The molecular weight excluding hydrogens is 204 g/mol. The molecule has 4 heteroatoms. The highest BCUT2D eigenvalue weighted by Crippen LogP contribution is 2.12. The standard InChI is InChI=1S/C12H10N2O2/c15-11-5-2-9(3-6-11)1-4-10-7-14-12(16)8-13-10/h1-8,15H,(H,14,16). The lowest BCUT2D eigenvalue weighted by Crippen LogP contribution is -1.82. The van der Waals surface area contributed by atoms with Gasteiger partial charge >= 0.3 is 0 Å². The molecule has 16 heavy (non-hydrogen) atoms. The number of benzene rings is 1. The van der Waals surface area contributed by atoms with Gasteiger partial charge in [0.1, 0.15) is 5.75 Å². The summed E-state index contributed by atoms with van der Waals surface area (Å²) in [6.07, 6.45) is 6.39. The van der Waals surface area contributed by atoms with Crippen molar-refractivity contribution in [2.45, 2.75) is 0 Å². The third kappa shape index (κ3) is 2.57. The number of nitrogens with zero attached hydrogens (tertiary/aromatic N) is 2. The van der Waals surface area contributed by atoms with Crippen molar-refractivity contribution in [2.75, 3.05) is 0 Å². The second kappa shape index (κ2) is 4.44. The van der Waals surface area contributed by atoms with Gasteiger partial charge in [-0.05, 0) is 23.8 Å². The average molecular weight is 214 g/mol. The molecule has 0 saturated carbocycles. The minimum absolute atomic E-state index is 0.0956. The smallest absolute Gasteiger partial charge is 0.229 e. The molecule has 2 rings (SSSR count). The third-order valence-electron chi connectivity index (χ3n) is 2.00. The van der Waals surface area contributed by atoms with E-state index < -0.39 is 0 Å². The van der Waals surface area contributed by atoms with E-state index in [0.717, 1.165) is 5.56 Å². The van der Waals surface area contributed by atoms with Crippen LogP contribution in [0.3, 0.4) is 0 Å². The molecule has 0 amide bonds. The largest absolute Gasteiger partial charge is 0.508 e. The lowest BCUT2D eigenvalue weighted by Gasteiger charge is -1.94. The summed E-state index contributed by atoms with van der Waals surface area (Å²) in [4.78, 5) is 7.67. The molecule has 0 unspecified atom stereocenters. The minimum Gasteiger partial charge on any atom is -0.508 e. The van der Waals surface area contributed by atoms with E-state index in [1.54, 1.807) is 30.3 Å². The van der Waals surface area contributed by atoms with Gasteiger partial charge < -0.3 is 10.2 Å². The summed E-state index contributed by atoms with van der Waals surface area (Å²) in [7, 11) is 0. The van der Waals surface area contributed by atoms with E-state index >= 15 is 0 Å². The lowest BCUT2D eigenvalue weighted by atomic mass is 10.2. The molecule has 1 aromatic heterocycles. The first-order valence-corrected chi connectivity index (χ1v) is 4.72. The number of rotatable bonds is 2. The highest BCUT2D eigenvalue weighted by molar-refractivity contribution is 5.67. The van der Waals surface area contributed by atoms with Crippen molar-refractivity contribution < 1.29 is 10.2 Å². The molecule has 0 aliphatic carbocycles. The SMILES string of the molecule is Oc1ccc(C=Cc2cnc(O)cn2)cc1. The van der Waals surface area contributed by atoms with Crippen LogP contribution in [0.25, 0.3) is 12.2 Å². The van der Waals surface area contributed by atoms with Crippen molar-refractivity contribution in [3.8, 4) is 11.6 Å². The fourth-order valence-electron chi connectivity index (χ4n) is 1.18. The van der Waals surface area contributed by atoms with Gasteiger partial charge in [-0.15, -0.1) is 0 Å². The molecule has 0 aliphatic rings. The fourth-order valence-corrected chi connectivity index (χ4v) is 1.18. The van der Waals surface area contributed by atoms with Crippen molar-refractivity contribution in [1.29, 1.82) is 0 Å². The quantitative estimate of drug-likeness (QED) is 0.803. The highest BCUT2D eigenvalue weighted by Gasteiger charge is 1.92. The predicted molar refractivity (Wildman–Crippen MR) is 60.7 cm³/mol. The summed E-state index contributed by atoms with van der Waals surface area (Å²) in [5.74, 6) is 0.142. The van der Waals surface area contributed by atoms with Gasteiger partial charge in [-0.1, -0.05) is 18.2 Å². The third-order valence-corrected chi connectivity index (χ3v) is 2.00. The van der Waals surface area contributed by atoms with Crippen molar-refractivity contribution >= 4 is 12.2 Å². The maximum Gasteiger partial charge on any atom is 0.229 e. The van der Waals surface area contributed by atoms with Crippen molar-refractivity contribution in [1.82, 2.24) is 9.97 Å². The van der Waals surface area contributed by atoms with Gasteiger partial charge in [-0.25, -0.2) is 9.97 Å². The first-order chi connectivity index (χ1) is 7.74. The van der Waals surface area contributed by atoms with E-state index in [1.165, 1.54) is 12.4 Å². The molecule has 0 atom stereocenters. The van der Waals surface area contributed by atoms with Crippen LogP contribution >= 0.6 is 0 Å². The Morgan fingerprint density at radius 1 is 0.875 bits per heavy atom. The Bertz CT molecular complexity index is 442. The number of aromatic nitrogens is 2. The number of phenolic OH excluding ortho intramolecular Hbond substituents is 1. The van der Waals surface area contributed by atoms with Gasteiger partial charge in [0.05, 0.1) is 18.1 Å². The molecule has 2 N–H and O–H groups in total. The van der Waals surface area contributed by atoms with Crippen LogP contribution in [0, 0.1) is 0 Å². The molecule has 0 saturated heterocycles. The monoisotopic (exact) mass is 214 g/mol. The van der Waals surface area contributed by atoms with Crippen molar-refractivity contribution in [2.24, 2.45) is 0 Å². The Kier molecular flexibility index (Phi) is 2.82. The Hall–Kier alpha value is -2.36. The summed E-state index contributed by atoms with van der Waals surface area (Å²) in [5, 5.41) is 18.0. The van der Waals surface area contributed by atoms with Gasteiger partial charge in [0.25, 0.3) is 0 Å². The summed E-state index contributed by atoms with van der Waals surface area (Å²) < 4.78 is 0. The molecule has 1 aromatic carbocycles. The molecule has 0 aliphatic heterocycles. The molecule has 0 fully saturated rings. The predicted octanol–water partition coefficient (Wildman–Crippen LogP) is 2.06. The van der Waals surface area contributed by atoms with Gasteiger partial charge in [0, 0.05) is 0 Å². The zero-order valence-corrected chi connectivity index (χ0v) is 8.41. The zero-order valence-electron chi connectivity index (χ0n) is 8.41. The molecule has 80 valence electrons. The summed E-state index contributed by atoms with van der Waals surface area (Å²) in [6.45, 7) is 0. The van der Waals surface area contributed by atoms with E-state index in [4.69, 9.17) is 10.2 Å². The van der Waals surface area contributed by atoms with E-state index in [0.29, 0.717) is 5.69 Å². The van der Waals surface area contributed by atoms with E-state index in [-0.39, 0.29) is 11.6 Å². The van der Waals surface area contributed by atoms with Crippen LogP contribution in [0.1, 0.15) is 11.3 Å². The van der Waals surface area contributed by atoms with Crippen LogP contribution < -0.4 is 0 Å². The maximum absolute atomic E-state index is 9.10. The van der Waals surface area contributed by atoms with Crippen LogP contribution in [-0.2, 0) is 0 Å². The van der Waals surface area contributed by atoms with Crippen LogP contribution in [-0.4, -0.2) is 20.2 Å². The Morgan fingerprint density at radius 2 is 1.62 bits per heavy atom. The zero-order chi connectivity index (χ0) is 11.4. The van der Waals surface area contributed by atoms with Crippen LogP contribution in [0.15, 0.2) is 36.7 Å². The van der Waals surface area contributed by atoms with E-state index in [9.17, 15) is 0 Å². The van der Waals surface area contributed by atoms with Gasteiger partial charge in [0.2, 0.25) is 5.88 Å². The normalized spacial score (nSPS) is 10.8. The van der Waals surface area contributed by atoms with Crippen LogP contribution in [0.5, 0.6) is 11.6 Å². The van der Waals surface area contributed by atoms with E-state index in [1.807, 2.05) is 6.08 Å². The van der Waals surface area contributed by atoms with Gasteiger partial charge in [0.15, 0.2) is 0 Å². The maximum atomic E-state index is 9.10. The molecule has 0 bridgehead atoms. The summed E-state index contributed by atoms with van der Waals surface area (Å²) >= 11 is 0. The molecular formula is C12H10N2O2. The molecule has 0 spiro atoms. The molecule has 4 nitrogen and oxygen atoms in total. The molecule has 1 heterocycles. The van der Waals surface area contributed by atoms with Crippen LogP contribution in [0.2, 0.25) is 0 Å². The fraction of sp³-hybridized carbons (Fsp3) is 0. The van der Waals surface area contributed by atoms with Crippen LogP contribution in [0.4, 0.5) is 0 Å². The second-order valence-corrected chi connectivity index (χ2v) is 3.22. The first kappa shape index (κ1) is 10.2. The number of phenols is 1. The van der Waals surface area contributed by atoms with Crippen molar-refractivity contribution in [3.63, 3.8) is 0 Å². The Labute approximate surface area is 92.6 Å². The molecule has 2 aromatic rings. The Morgan fingerprint density at radius 3 is 2.25 bits per heavy atom. The minimum atomic E-state index is -0.0956. The summed E-state index contributed by atoms with van der Waals surface area (Å²) in [6, 6.07) is 6.81. The topological polar surface area (TPSA) is 66.2 Å². The number of hydrogen-bond donors (Lipinski definition) is 2. The Balaban J connectivity index is 2.15. The highest BCUT2D eigenvalue weighted by atomic mass is 16.3. The van der Waals surface area contributed by atoms with Gasteiger partial charge in [-0.3, -0.25) is 0 Å². The number of hydrogen-bond acceptors (Lipinski definition) is 4. The summed E-state index contributed by atoms with van der Waals surface area (Å²) in [5.41, 5.74) is 1.61. The lowest BCUT2D eigenvalue weighted by molar-refractivity contribution is 0.450. The average Bonchev–Trinajstić information content (AvgIpc) is 2.30. The second-order valence-electron chi connectivity index (χ2n) is 3.22. The van der Waals surface area contributed by atoms with E-state index in [2.05, 4.69) is 9.97 Å². The van der Waals surface area contributed by atoms with Crippen molar-refractivity contribution in [3.05, 3.63) is 47.9 Å². The first-order valence-electron chi connectivity index (χ1n) is 4.72. The number of aromatic hydroxyl groups is 2.